The van der Waals surface area contributed by atoms with Gasteiger partial charge in [-0.2, -0.15) is 0 Å². The molecule has 3 rings (SSSR count). The first-order valence-electron chi connectivity index (χ1n) is 10.4. The average molecular weight is 414 g/mol. The molecule has 0 aliphatic heterocycles. The van der Waals surface area contributed by atoms with E-state index in [1.54, 1.807) is 7.11 Å². The molecule has 0 heterocycles. The number of carboxylic acids is 1. The number of aliphatic carboxylic acids is 1. The molecule has 0 aromatic heterocycles. The van der Waals surface area contributed by atoms with Gasteiger partial charge in [0.15, 0.2) is 17.8 Å². The van der Waals surface area contributed by atoms with E-state index in [1.165, 1.54) is 11.1 Å². The molecule has 1 atom stereocenters. The van der Waals surface area contributed by atoms with E-state index in [9.17, 15) is 9.90 Å². The monoisotopic (exact) mass is 414 g/mol. The molecule has 1 aliphatic carbocycles. The first kappa shape index (κ1) is 22.1. The van der Waals surface area contributed by atoms with Crippen molar-refractivity contribution in [1.29, 1.82) is 0 Å². The van der Waals surface area contributed by atoms with Crippen LogP contribution < -0.4 is 9.47 Å². The first-order valence-corrected chi connectivity index (χ1v) is 10.4. The van der Waals surface area contributed by atoms with Crippen LogP contribution >= 0.6 is 0 Å². The molecule has 1 unspecified atom stereocenters. The molecule has 0 amide bonds. The number of hydrogen-bond donors (Lipinski definition) is 1. The lowest BCUT2D eigenvalue weighted by Gasteiger charge is -2.27. The molecular weight excluding hydrogens is 384 g/mol. The van der Waals surface area contributed by atoms with Gasteiger partial charge in [-0.25, -0.2) is 0 Å². The Morgan fingerprint density at radius 3 is 2.20 bits per heavy atom. The smallest absolute Gasteiger partial charge is 0.304 e. The van der Waals surface area contributed by atoms with Crippen molar-refractivity contribution < 1.29 is 28.8 Å². The minimum atomic E-state index is -0.908. The summed E-state index contributed by atoms with van der Waals surface area (Å²) in [4.78, 5) is 11.5. The fraction of sp³-hybridized carbons (Fsp3) is 0.458. The highest BCUT2D eigenvalue weighted by Crippen LogP contribution is 2.36. The van der Waals surface area contributed by atoms with Gasteiger partial charge in [-0.3, -0.25) is 4.79 Å². The van der Waals surface area contributed by atoms with Crippen LogP contribution in [0.2, 0.25) is 0 Å². The number of hydrogen-bond acceptors (Lipinski definition) is 5. The number of benzene rings is 2. The minimum Gasteiger partial charge on any atom is -0.493 e. The lowest BCUT2D eigenvalue weighted by atomic mass is 9.94. The molecule has 0 radical (unpaired) electrons. The Morgan fingerprint density at radius 2 is 1.67 bits per heavy atom. The third-order valence-corrected chi connectivity index (χ3v) is 5.31. The van der Waals surface area contributed by atoms with Gasteiger partial charge >= 0.3 is 5.97 Å². The Labute approximate surface area is 177 Å². The summed E-state index contributed by atoms with van der Waals surface area (Å²) in [6, 6.07) is 13.9. The summed E-state index contributed by atoms with van der Waals surface area (Å²) >= 11 is 0. The van der Waals surface area contributed by atoms with E-state index < -0.39 is 18.2 Å². The highest BCUT2D eigenvalue weighted by molar-refractivity contribution is 5.68. The fourth-order valence-corrected chi connectivity index (χ4v) is 3.97. The fourth-order valence-electron chi connectivity index (χ4n) is 3.97. The van der Waals surface area contributed by atoms with E-state index in [4.69, 9.17) is 18.9 Å². The molecule has 2 aromatic carbocycles. The molecule has 162 valence electrons. The zero-order chi connectivity index (χ0) is 21.5. The van der Waals surface area contributed by atoms with Gasteiger partial charge in [0.2, 0.25) is 0 Å². The van der Waals surface area contributed by atoms with Crippen LogP contribution in [0.4, 0.5) is 0 Å². The van der Waals surface area contributed by atoms with Crippen LogP contribution in [0.25, 0.3) is 0 Å². The summed E-state index contributed by atoms with van der Waals surface area (Å²) in [5.41, 5.74) is 3.39. The van der Waals surface area contributed by atoms with Gasteiger partial charge in [-0.05, 0) is 42.7 Å². The zero-order valence-corrected chi connectivity index (χ0v) is 17.8. The van der Waals surface area contributed by atoms with Crippen molar-refractivity contribution in [2.75, 3.05) is 20.3 Å². The van der Waals surface area contributed by atoms with E-state index in [0.717, 1.165) is 18.4 Å². The van der Waals surface area contributed by atoms with Gasteiger partial charge in [0, 0.05) is 32.0 Å². The quantitative estimate of drug-likeness (QED) is 0.556. The van der Waals surface area contributed by atoms with Gasteiger partial charge < -0.3 is 24.1 Å². The second-order valence-corrected chi connectivity index (χ2v) is 7.31. The van der Waals surface area contributed by atoms with Crippen LogP contribution in [0.3, 0.4) is 0 Å². The van der Waals surface area contributed by atoms with Gasteiger partial charge in [0.1, 0.15) is 6.10 Å². The summed E-state index contributed by atoms with van der Waals surface area (Å²) in [5, 5.41) is 9.46. The Bertz CT molecular complexity index is 818. The second kappa shape index (κ2) is 10.5. The number of fused-ring (bicyclic) bond motifs is 1. The molecule has 0 saturated heterocycles. The zero-order valence-electron chi connectivity index (χ0n) is 17.8. The molecule has 6 nitrogen and oxygen atoms in total. The van der Waals surface area contributed by atoms with Crippen molar-refractivity contribution in [3.05, 3.63) is 59.2 Å². The Balaban J connectivity index is 1.86. The van der Waals surface area contributed by atoms with Gasteiger partial charge in [0.25, 0.3) is 0 Å². The number of methoxy groups -OCH3 is 1. The number of carbonyl (C=O) groups is 1. The maximum Gasteiger partial charge on any atom is 0.304 e. The van der Waals surface area contributed by atoms with Gasteiger partial charge in [-0.15, -0.1) is 0 Å². The van der Waals surface area contributed by atoms with E-state index >= 15 is 0 Å². The normalized spacial score (nSPS) is 14.5. The highest BCUT2D eigenvalue weighted by atomic mass is 16.7. The molecular formula is C24H30O6. The largest absolute Gasteiger partial charge is 0.493 e. The van der Waals surface area contributed by atoms with Crippen LogP contribution in [0.5, 0.6) is 11.5 Å². The number of rotatable bonds is 11. The summed E-state index contributed by atoms with van der Waals surface area (Å²) in [6.45, 7) is 4.59. The van der Waals surface area contributed by atoms with Crippen molar-refractivity contribution >= 4 is 5.97 Å². The molecule has 6 heteroatoms. The van der Waals surface area contributed by atoms with Crippen molar-refractivity contribution in [3.8, 4) is 11.5 Å². The molecule has 30 heavy (non-hydrogen) atoms. The molecule has 0 saturated carbocycles. The summed E-state index contributed by atoms with van der Waals surface area (Å²) in [5.74, 6) is -0.145. The van der Waals surface area contributed by atoms with Crippen LogP contribution in [0.15, 0.2) is 42.5 Å². The van der Waals surface area contributed by atoms with E-state index in [2.05, 4.69) is 12.1 Å². The lowest BCUT2D eigenvalue weighted by Crippen LogP contribution is -2.28. The molecule has 0 bridgehead atoms. The predicted octanol–water partition coefficient (Wildman–Crippen LogP) is 4.20. The topological polar surface area (TPSA) is 74.2 Å². The SMILES string of the molecule is CCOC(OCC)C(CC(=O)O)c1ccc(OC)c(OC2Cc3ccccc3C2)c1. The predicted molar refractivity (Wildman–Crippen MR) is 113 cm³/mol. The van der Waals surface area contributed by atoms with Crippen molar-refractivity contribution in [2.24, 2.45) is 0 Å². The maximum absolute atomic E-state index is 11.5. The molecule has 0 spiro atoms. The maximum atomic E-state index is 11.5. The molecule has 2 aromatic rings. The van der Waals surface area contributed by atoms with Gasteiger partial charge in [-0.1, -0.05) is 30.3 Å². The summed E-state index contributed by atoms with van der Waals surface area (Å²) in [6.07, 6.45) is 0.934. The Kier molecular flexibility index (Phi) is 7.71. The Morgan fingerprint density at radius 1 is 1.03 bits per heavy atom. The number of ether oxygens (including phenoxy) is 4. The van der Waals surface area contributed by atoms with E-state index in [0.29, 0.717) is 24.7 Å². The lowest BCUT2D eigenvalue weighted by molar-refractivity contribution is -0.160. The van der Waals surface area contributed by atoms with Crippen molar-refractivity contribution in [3.63, 3.8) is 0 Å². The summed E-state index contributed by atoms with van der Waals surface area (Å²) in [7, 11) is 1.60. The number of carboxylic acid groups (broad SMARTS) is 1. The van der Waals surface area contributed by atoms with Gasteiger partial charge in [0.05, 0.1) is 13.5 Å². The first-order chi connectivity index (χ1) is 14.5. The van der Waals surface area contributed by atoms with E-state index in [1.807, 2.05) is 44.2 Å². The Hall–Kier alpha value is -2.57. The minimum absolute atomic E-state index is 0.0130. The van der Waals surface area contributed by atoms with Crippen LogP contribution in [-0.4, -0.2) is 43.8 Å². The highest BCUT2D eigenvalue weighted by Gasteiger charge is 2.29. The van der Waals surface area contributed by atoms with Crippen LogP contribution in [0.1, 0.15) is 42.9 Å². The molecule has 1 N–H and O–H groups in total. The van der Waals surface area contributed by atoms with Crippen LogP contribution in [-0.2, 0) is 27.1 Å². The van der Waals surface area contributed by atoms with Crippen molar-refractivity contribution in [2.45, 2.75) is 51.4 Å². The molecule has 1 aliphatic rings. The second-order valence-electron chi connectivity index (χ2n) is 7.31. The third-order valence-electron chi connectivity index (χ3n) is 5.31. The average Bonchev–Trinajstić information content (AvgIpc) is 3.14. The standard InChI is InChI=1S/C24H30O6/c1-4-28-24(29-5-2)20(15-23(25)26)18-10-11-21(27-3)22(14-18)30-19-12-16-8-6-7-9-17(16)13-19/h6-11,14,19-20,24H,4-5,12-13,15H2,1-3H3,(H,25,26). The van der Waals surface area contributed by atoms with Crippen molar-refractivity contribution in [1.82, 2.24) is 0 Å². The van der Waals surface area contributed by atoms with E-state index in [-0.39, 0.29) is 12.5 Å². The molecule has 0 fully saturated rings. The van der Waals surface area contributed by atoms with Crippen LogP contribution in [0, 0.1) is 0 Å². The summed E-state index contributed by atoms with van der Waals surface area (Å²) < 4.78 is 23.3. The third kappa shape index (κ3) is 5.32.